The second kappa shape index (κ2) is 11.1. The molecule has 0 fully saturated rings. The largest absolute Gasteiger partial charge is 0.480 e. The van der Waals surface area contributed by atoms with E-state index in [-0.39, 0.29) is 50.1 Å². The lowest BCUT2D eigenvalue weighted by Crippen LogP contribution is -2.56. The van der Waals surface area contributed by atoms with Gasteiger partial charge in [0.2, 0.25) is 0 Å². The molecule has 0 aromatic rings. The Labute approximate surface area is 124 Å². The summed E-state index contributed by atoms with van der Waals surface area (Å²) in [6, 6.07) is 0. The molecular formula is C8H21BCl2N4O4. The van der Waals surface area contributed by atoms with Crippen molar-refractivity contribution in [3.8, 4) is 0 Å². The van der Waals surface area contributed by atoms with Crippen molar-refractivity contribution in [2.45, 2.75) is 31.1 Å². The lowest BCUT2D eigenvalue weighted by Gasteiger charge is -2.25. The number of guanidine groups is 1. The van der Waals surface area contributed by atoms with Crippen LogP contribution in [0.15, 0.2) is 0 Å². The van der Waals surface area contributed by atoms with Crippen molar-refractivity contribution in [2.24, 2.45) is 11.5 Å². The van der Waals surface area contributed by atoms with Crippen LogP contribution in [0.25, 0.3) is 0 Å². The van der Waals surface area contributed by atoms with Crippen molar-refractivity contribution >= 4 is 43.9 Å². The molecule has 0 aromatic heterocycles. The van der Waals surface area contributed by atoms with Crippen LogP contribution in [0.4, 0.5) is 0 Å². The van der Waals surface area contributed by atoms with E-state index in [0.717, 1.165) is 0 Å². The maximum atomic E-state index is 11.0. The molecule has 0 aromatic carbocycles. The van der Waals surface area contributed by atoms with Gasteiger partial charge in [0.05, 0.1) is 0 Å². The molecule has 1 unspecified atom stereocenters. The zero-order valence-corrected chi connectivity index (χ0v) is 12.0. The molecule has 8 nitrogen and oxygen atoms in total. The Balaban J connectivity index is -0.00000128. The lowest BCUT2D eigenvalue weighted by molar-refractivity contribution is -0.143. The summed E-state index contributed by atoms with van der Waals surface area (Å²) in [5.74, 6) is -1.53. The molecule has 0 spiro atoms. The van der Waals surface area contributed by atoms with Gasteiger partial charge in [-0.15, -0.1) is 24.8 Å². The van der Waals surface area contributed by atoms with E-state index in [1.165, 1.54) is 0 Å². The summed E-state index contributed by atoms with van der Waals surface area (Å²) in [5.41, 5.74) is 9.21. The van der Waals surface area contributed by atoms with E-state index in [9.17, 15) is 4.79 Å². The topological polar surface area (TPSA) is 166 Å². The number of aliphatic carboxylic acids is 1. The third-order valence-electron chi connectivity index (χ3n) is 2.36. The van der Waals surface area contributed by atoms with Crippen LogP contribution in [-0.4, -0.2) is 46.3 Å². The summed E-state index contributed by atoms with van der Waals surface area (Å²) in [4.78, 5) is 11.0. The molecule has 9 N–H and O–H groups in total. The summed E-state index contributed by atoms with van der Waals surface area (Å²) in [6.45, 7) is -0.140. The van der Waals surface area contributed by atoms with Gasteiger partial charge in [0.15, 0.2) is 5.96 Å². The highest BCUT2D eigenvalue weighted by Gasteiger charge is 2.33. The molecular weight excluding hydrogens is 298 g/mol. The highest BCUT2D eigenvalue weighted by Crippen LogP contribution is 2.13. The number of hydrogen-bond donors (Lipinski definition) is 7. The van der Waals surface area contributed by atoms with Crippen LogP contribution in [0, 0.1) is 5.41 Å². The fourth-order valence-electron chi connectivity index (χ4n) is 1.29. The van der Waals surface area contributed by atoms with Gasteiger partial charge in [-0.3, -0.25) is 10.2 Å². The van der Waals surface area contributed by atoms with E-state index in [2.05, 4.69) is 5.32 Å². The first-order valence-electron chi connectivity index (χ1n) is 5.24. The third-order valence-corrected chi connectivity index (χ3v) is 2.36. The minimum absolute atomic E-state index is 0. The molecule has 0 radical (unpaired) electrons. The van der Waals surface area contributed by atoms with E-state index in [0.29, 0.717) is 12.8 Å². The fourth-order valence-corrected chi connectivity index (χ4v) is 1.29. The van der Waals surface area contributed by atoms with Gasteiger partial charge in [-0.2, -0.15) is 0 Å². The van der Waals surface area contributed by atoms with Gasteiger partial charge in [-0.25, -0.2) is 0 Å². The molecule has 11 heteroatoms. The van der Waals surface area contributed by atoms with Gasteiger partial charge in [-0.05, 0) is 12.7 Å². The van der Waals surface area contributed by atoms with Crippen molar-refractivity contribution in [3.63, 3.8) is 0 Å². The number of nitrogens with one attached hydrogen (secondary N) is 2. The maximum Gasteiger partial charge on any atom is 0.451 e. The molecule has 0 aliphatic carbocycles. The Morgan fingerprint density at radius 1 is 1.32 bits per heavy atom. The van der Waals surface area contributed by atoms with Crippen LogP contribution in [0.1, 0.15) is 19.3 Å². The van der Waals surface area contributed by atoms with Crippen LogP contribution in [0.2, 0.25) is 6.32 Å². The molecule has 19 heavy (non-hydrogen) atoms. The first-order chi connectivity index (χ1) is 7.78. The average Bonchev–Trinajstić information content (AvgIpc) is 2.21. The predicted molar refractivity (Wildman–Crippen MR) is 77.8 cm³/mol. The Bertz CT molecular complexity index is 285. The predicted octanol–water partition coefficient (Wildman–Crippen LogP) is -1.26. The van der Waals surface area contributed by atoms with Crippen LogP contribution >= 0.6 is 24.8 Å². The monoisotopic (exact) mass is 318 g/mol. The van der Waals surface area contributed by atoms with Gasteiger partial charge >= 0.3 is 13.1 Å². The van der Waals surface area contributed by atoms with Gasteiger partial charge in [0.25, 0.3) is 0 Å². The number of unbranched alkanes of at least 4 members (excludes halogenated alkanes) is 1. The van der Waals surface area contributed by atoms with E-state index in [1.807, 2.05) is 0 Å². The molecule has 0 bridgehead atoms. The maximum absolute atomic E-state index is 11.0. The summed E-state index contributed by atoms with van der Waals surface area (Å²) < 4.78 is 0. The molecule has 0 saturated carbocycles. The normalized spacial score (nSPS) is 12.4. The minimum atomic E-state index is -1.51. The minimum Gasteiger partial charge on any atom is -0.480 e. The second-order valence-electron chi connectivity index (χ2n) is 3.95. The summed E-state index contributed by atoms with van der Waals surface area (Å²) in [7, 11) is -1.39. The van der Waals surface area contributed by atoms with Gasteiger partial charge < -0.3 is 31.9 Å². The van der Waals surface area contributed by atoms with E-state index < -0.39 is 18.6 Å². The third kappa shape index (κ3) is 10.8. The summed E-state index contributed by atoms with van der Waals surface area (Å²) >= 11 is 0. The van der Waals surface area contributed by atoms with Gasteiger partial charge in [-0.1, -0.05) is 12.8 Å². The smallest absolute Gasteiger partial charge is 0.451 e. The van der Waals surface area contributed by atoms with E-state index in [4.69, 9.17) is 32.0 Å². The molecule has 114 valence electrons. The Kier molecular flexibility index (Phi) is 13.7. The molecule has 0 saturated heterocycles. The fraction of sp³-hybridized carbons (Fsp3) is 0.750. The van der Waals surface area contributed by atoms with Crippen molar-refractivity contribution in [1.29, 1.82) is 5.41 Å². The molecule has 0 aliphatic heterocycles. The number of rotatable bonds is 8. The zero-order chi connectivity index (χ0) is 13.5. The summed E-state index contributed by atoms with van der Waals surface area (Å²) in [5, 5.41) is 35.5. The Hall–Kier alpha value is -0.735. The SMILES string of the molecule is Cl.Cl.N=C(N)NCC(N)(CCCCB(O)O)C(=O)O. The van der Waals surface area contributed by atoms with Crippen molar-refractivity contribution < 1.29 is 19.9 Å². The van der Waals surface area contributed by atoms with Crippen LogP contribution in [0.5, 0.6) is 0 Å². The molecule has 0 aliphatic rings. The van der Waals surface area contributed by atoms with Crippen LogP contribution in [-0.2, 0) is 4.79 Å². The van der Waals surface area contributed by atoms with Gasteiger partial charge in [0.1, 0.15) is 5.54 Å². The standard InChI is InChI=1S/C8H19BN4O4.2ClH/c10-7(11)13-5-8(12,6(14)15)3-1-2-4-9(16)17;;/h16-17H,1-5,12H2,(H,14,15)(H4,10,11,13);2*1H. The molecule has 0 rings (SSSR count). The number of carboxylic acid groups (broad SMARTS) is 1. The van der Waals surface area contributed by atoms with Crippen LogP contribution < -0.4 is 16.8 Å². The quantitative estimate of drug-likeness (QED) is 0.127. The van der Waals surface area contributed by atoms with Crippen molar-refractivity contribution in [3.05, 3.63) is 0 Å². The Morgan fingerprint density at radius 2 is 1.84 bits per heavy atom. The number of carbonyl (C=O) groups is 1. The van der Waals surface area contributed by atoms with Gasteiger partial charge in [0, 0.05) is 6.54 Å². The molecule has 1 atom stereocenters. The zero-order valence-electron chi connectivity index (χ0n) is 10.3. The first-order valence-corrected chi connectivity index (χ1v) is 5.24. The van der Waals surface area contributed by atoms with Crippen molar-refractivity contribution in [2.75, 3.05) is 6.54 Å². The summed E-state index contributed by atoms with van der Waals surface area (Å²) in [6.07, 6.45) is 1.25. The molecule has 0 heterocycles. The second-order valence-corrected chi connectivity index (χ2v) is 3.95. The van der Waals surface area contributed by atoms with E-state index >= 15 is 0 Å². The number of hydrogen-bond acceptors (Lipinski definition) is 5. The first kappa shape index (κ1) is 23.4. The number of halogens is 2. The molecule has 0 amide bonds. The average molecular weight is 319 g/mol. The Morgan fingerprint density at radius 3 is 2.21 bits per heavy atom. The van der Waals surface area contributed by atoms with Crippen molar-refractivity contribution in [1.82, 2.24) is 5.32 Å². The number of nitrogens with two attached hydrogens (primary N) is 2. The lowest BCUT2D eigenvalue weighted by atomic mass is 9.82. The van der Waals surface area contributed by atoms with Crippen LogP contribution in [0.3, 0.4) is 0 Å². The highest BCUT2D eigenvalue weighted by atomic mass is 35.5. The number of carboxylic acids is 1. The highest BCUT2D eigenvalue weighted by molar-refractivity contribution is 6.40. The van der Waals surface area contributed by atoms with E-state index in [1.54, 1.807) is 0 Å².